The van der Waals surface area contributed by atoms with Crippen LogP contribution in [0.25, 0.3) is 33.3 Å². The molecule has 0 spiro atoms. The van der Waals surface area contributed by atoms with Gasteiger partial charge in [-0.1, -0.05) is 12.1 Å². The molecular formula is C24H22O10. The number of furan rings is 1. The average molecular weight is 470 g/mol. The van der Waals surface area contributed by atoms with Gasteiger partial charge < -0.3 is 43.5 Å². The lowest BCUT2D eigenvalue weighted by atomic mass is 9.99. The zero-order valence-electron chi connectivity index (χ0n) is 18.0. The van der Waals surface area contributed by atoms with Crippen molar-refractivity contribution in [3.8, 4) is 22.8 Å². The van der Waals surface area contributed by atoms with E-state index in [2.05, 4.69) is 0 Å². The minimum atomic E-state index is -1.56. The molecule has 4 aromatic rings. The molecule has 3 heterocycles. The predicted molar refractivity (Wildman–Crippen MR) is 119 cm³/mol. The number of hydrogen-bond donors (Lipinski definition) is 4. The molecule has 10 heteroatoms. The van der Waals surface area contributed by atoms with Crippen molar-refractivity contribution in [3.63, 3.8) is 0 Å². The fraction of sp³-hybridized carbons (Fsp3) is 0.292. The van der Waals surface area contributed by atoms with Gasteiger partial charge in [-0.25, -0.2) is 0 Å². The largest absolute Gasteiger partial charge is 0.493 e. The van der Waals surface area contributed by atoms with Crippen molar-refractivity contribution in [3.05, 3.63) is 59.0 Å². The van der Waals surface area contributed by atoms with Crippen molar-refractivity contribution in [1.82, 2.24) is 0 Å². The molecule has 0 radical (unpaired) electrons. The van der Waals surface area contributed by atoms with Crippen LogP contribution in [0.3, 0.4) is 0 Å². The van der Waals surface area contributed by atoms with Crippen molar-refractivity contribution in [2.24, 2.45) is 0 Å². The maximum absolute atomic E-state index is 12.9. The fourth-order valence-corrected chi connectivity index (χ4v) is 4.03. The van der Waals surface area contributed by atoms with E-state index < -0.39 is 37.3 Å². The molecule has 2 aromatic heterocycles. The number of benzene rings is 2. The summed E-state index contributed by atoms with van der Waals surface area (Å²) in [4.78, 5) is 12.9. The summed E-state index contributed by atoms with van der Waals surface area (Å²) in [6.45, 7) is -0.569. The van der Waals surface area contributed by atoms with Crippen LogP contribution in [0.5, 0.6) is 11.5 Å². The summed E-state index contributed by atoms with van der Waals surface area (Å²) in [6, 6.07) is 11.1. The summed E-state index contributed by atoms with van der Waals surface area (Å²) in [5.74, 6) is 0.930. The number of fused-ring (bicyclic) bond motifs is 3. The zero-order chi connectivity index (χ0) is 24.0. The Bertz CT molecular complexity index is 1390. The Labute approximate surface area is 192 Å². The number of methoxy groups -OCH3 is 1. The summed E-state index contributed by atoms with van der Waals surface area (Å²) in [6.07, 6.45) is -5.56. The number of ether oxygens (including phenoxy) is 3. The molecule has 0 unspecified atom stereocenters. The first-order valence-electron chi connectivity index (χ1n) is 10.5. The highest BCUT2D eigenvalue weighted by atomic mass is 16.7. The molecule has 0 bridgehead atoms. The van der Waals surface area contributed by atoms with Crippen LogP contribution in [0.4, 0.5) is 0 Å². The molecule has 1 aliphatic heterocycles. The Balaban J connectivity index is 1.51. The summed E-state index contributed by atoms with van der Waals surface area (Å²) >= 11 is 0. The second kappa shape index (κ2) is 8.75. The van der Waals surface area contributed by atoms with Crippen molar-refractivity contribution in [2.75, 3.05) is 13.7 Å². The van der Waals surface area contributed by atoms with Crippen LogP contribution < -0.4 is 14.9 Å². The van der Waals surface area contributed by atoms with Crippen LogP contribution in [-0.2, 0) is 4.74 Å². The van der Waals surface area contributed by atoms with E-state index in [0.29, 0.717) is 33.3 Å². The van der Waals surface area contributed by atoms with Crippen LogP contribution in [0.15, 0.2) is 62.4 Å². The first-order valence-corrected chi connectivity index (χ1v) is 10.5. The summed E-state index contributed by atoms with van der Waals surface area (Å²) in [5.41, 5.74) is 1.02. The van der Waals surface area contributed by atoms with Crippen LogP contribution in [0.1, 0.15) is 0 Å². The first kappa shape index (κ1) is 22.4. The highest BCUT2D eigenvalue weighted by Gasteiger charge is 2.44. The van der Waals surface area contributed by atoms with Gasteiger partial charge in [-0.3, -0.25) is 4.79 Å². The third-order valence-corrected chi connectivity index (χ3v) is 5.83. The Morgan fingerprint density at radius 3 is 2.56 bits per heavy atom. The second-order valence-corrected chi connectivity index (χ2v) is 7.94. The van der Waals surface area contributed by atoms with Gasteiger partial charge in [-0.05, 0) is 24.3 Å². The monoisotopic (exact) mass is 470 g/mol. The molecular weight excluding hydrogens is 448 g/mol. The summed E-state index contributed by atoms with van der Waals surface area (Å²) in [7, 11) is 1.49. The van der Waals surface area contributed by atoms with Crippen LogP contribution in [0.2, 0.25) is 0 Å². The fourth-order valence-electron chi connectivity index (χ4n) is 4.03. The van der Waals surface area contributed by atoms with Crippen LogP contribution >= 0.6 is 0 Å². The Hall–Kier alpha value is -3.41. The van der Waals surface area contributed by atoms with E-state index in [4.69, 9.17) is 23.0 Å². The normalized spacial score (nSPS) is 25.0. The molecule has 5 rings (SSSR count). The first-order chi connectivity index (χ1) is 16.4. The number of aliphatic hydroxyl groups is 4. The molecule has 0 amide bonds. The molecule has 0 saturated carbocycles. The van der Waals surface area contributed by atoms with Gasteiger partial charge in [0.05, 0.1) is 30.8 Å². The van der Waals surface area contributed by atoms with Crippen molar-refractivity contribution >= 4 is 21.9 Å². The molecule has 1 aliphatic rings. The van der Waals surface area contributed by atoms with Gasteiger partial charge in [0.2, 0.25) is 6.29 Å². The highest BCUT2D eigenvalue weighted by Crippen LogP contribution is 2.35. The Morgan fingerprint density at radius 2 is 1.79 bits per heavy atom. The smallest absolute Gasteiger partial charge is 0.229 e. The topological polar surface area (TPSA) is 152 Å². The Kier molecular flexibility index (Phi) is 5.76. The molecule has 178 valence electrons. The zero-order valence-corrected chi connectivity index (χ0v) is 18.0. The average Bonchev–Trinajstić information content (AvgIpc) is 3.34. The van der Waals surface area contributed by atoms with Gasteiger partial charge in [0.25, 0.3) is 0 Å². The van der Waals surface area contributed by atoms with Gasteiger partial charge in [-0.15, -0.1) is 0 Å². The second-order valence-electron chi connectivity index (χ2n) is 7.94. The maximum atomic E-state index is 12.9. The lowest BCUT2D eigenvalue weighted by molar-refractivity contribution is -0.277. The van der Waals surface area contributed by atoms with Crippen molar-refractivity contribution in [1.29, 1.82) is 0 Å². The molecule has 4 N–H and O–H groups in total. The molecule has 2 aromatic carbocycles. The van der Waals surface area contributed by atoms with Gasteiger partial charge >= 0.3 is 0 Å². The molecule has 10 nitrogen and oxygen atoms in total. The lowest BCUT2D eigenvalue weighted by Gasteiger charge is -2.39. The SMILES string of the molecule is COc1cc2c(=O)cc(-c3cccc(O[C@@H]4O[C@H](CO)[C@H](O)[C@H](O)[C@H]4O)c3)oc2c2ccoc12. The van der Waals surface area contributed by atoms with E-state index in [1.165, 1.54) is 19.4 Å². The van der Waals surface area contributed by atoms with E-state index in [1.54, 1.807) is 36.4 Å². The van der Waals surface area contributed by atoms with E-state index in [9.17, 15) is 25.2 Å². The maximum Gasteiger partial charge on any atom is 0.229 e. The van der Waals surface area contributed by atoms with Crippen LogP contribution in [-0.4, -0.2) is 64.8 Å². The molecule has 34 heavy (non-hydrogen) atoms. The minimum Gasteiger partial charge on any atom is -0.493 e. The van der Waals surface area contributed by atoms with E-state index in [1.807, 2.05) is 0 Å². The third kappa shape index (κ3) is 3.71. The van der Waals surface area contributed by atoms with Gasteiger partial charge in [0.1, 0.15) is 41.5 Å². The number of aliphatic hydroxyl groups excluding tert-OH is 4. The third-order valence-electron chi connectivity index (χ3n) is 5.83. The summed E-state index contributed by atoms with van der Waals surface area (Å²) < 4.78 is 27.9. The summed E-state index contributed by atoms with van der Waals surface area (Å²) in [5, 5.41) is 40.4. The molecule has 5 atom stereocenters. The van der Waals surface area contributed by atoms with Crippen LogP contribution in [0, 0.1) is 0 Å². The Morgan fingerprint density at radius 1 is 0.971 bits per heavy atom. The van der Waals surface area contributed by atoms with Gasteiger partial charge in [0, 0.05) is 11.6 Å². The predicted octanol–water partition coefficient (Wildman–Crippen LogP) is 1.39. The van der Waals surface area contributed by atoms with Gasteiger partial charge in [0.15, 0.2) is 16.8 Å². The number of hydrogen-bond acceptors (Lipinski definition) is 10. The highest BCUT2D eigenvalue weighted by molar-refractivity contribution is 6.05. The van der Waals surface area contributed by atoms with E-state index >= 15 is 0 Å². The number of rotatable bonds is 5. The van der Waals surface area contributed by atoms with Gasteiger partial charge in [-0.2, -0.15) is 0 Å². The molecule has 0 aliphatic carbocycles. The molecule has 1 saturated heterocycles. The minimum absolute atomic E-state index is 0.243. The standard InChI is InChI=1S/C24H22O10/c1-30-17-8-14-15(26)9-16(33-22(14)13-5-6-31-23(13)17)11-3-2-4-12(7-11)32-24-21(29)20(28)19(27)18(10-25)34-24/h2-9,18-21,24-25,27-29H,10H2,1H3/t18-,19+,20+,21-,24-/m1/s1. The quantitative estimate of drug-likeness (QED) is 0.337. The van der Waals surface area contributed by atoms with E-state index in [0.717, 1.165) is 0 Å². The molecule has 1 fully saturated rings. The van der Waals surface area contributed by atoms with Crippen molar-refractivity contribution < 1.29 is 43.5 Å². The lowest BCUT2D eigenvalue weighted by Crippen LogP contribution is -2.60. The van der Waals surface area contributed by atoms with E-state index in [-0.39, 0.29) is 16.9 Å². The van der Waals surface area contributed by atoms with Crippen molar-refractivity contribution in [2.45, 2.75) is 30.7 Å².